The highest BCUT2D eigenvalue weighted by atomic mass is 32.1. The predicted octanol–water partition coefficient (Wildman–Crippen LogP) is 1.59. The fraction of sp³-hybridized carbons (Fsp3) is 0.600. The van der Waals surface area contributed by atoms with Gasteiger partial charge in [-0.15, -0.1) is 11.3 Å². The molecule has 1 saturated heterocycles. The van der Waals surface area contributed by atoms with E-state index >= 15 is 0 Å². The maximum atomic E-state index is 5.64. The van der Waals surface area contributed by atoms with Gasteiger partial charge < -0.3 is 5.73 Å². The van der Waals surface area contributed by atoms with Gasteiger partial charge in [-0.3, -0.25) is 4.90 Å². The Kier molecular flexibility index (Phi) is 2.67. The van der Waals surface area contributed by atoms with Crippen molar-refractivity contribution in [1.29, 1.82) is 0 Å². The molecular weight excluding hydrogens is 180 g/mol. The molecule has 2 heterocycles. The second kappa shape index (κ2) is 3.78. The van der Waals surface area contributed by atoms with E-state index in [1.165, 1.54) is 23.4 Å². The van der Waals surface area contributed by atoms with E-state index in [9.17, 15) is 0 Å². The molecule has 1 atom stereocenters. The lowest BCUT2D eigenvalue weighted by molar-refractivity contribution is 0.0883. The minimum atomic E-state index is 0.639. The molecule has 1 aromatic rings. The van der Waals surface area contributed by atoms with Gasteiger partial charge in [-0.25, -0.2) is 0 Å². The van der Waals surface area contributed by atoms with E-state index in [4.69, 9.17) is 5.73 Å². The molecule has 72 valence electrons. The molecule has 1 aliphatic rings. The number of nitrogens with two attached hydrogens (primary N) is 1. The fourth-order valence-electron chi connectivity index (χ4n) is 1.78. The van der Waals surface area contributed by atoms with E-state index < -0.39 is 0 Å². The zero-order chi connectivity index (χ0) is 9.26. The van der Waals surface area contributed by atoms with Crippen LogP contribution in [0.3, 0.4) is 0 Å². The average molecular weight is 196 g/mol. The summed E-state index contributed by atoms with van der Waals surface area (Å²) in [7, 11) is 0. The predicted molar refractivity (Wildman–Crippen MR) is 56.9 cm³/mol. The Hall–Kier alpha value is -0.380. The van der Waals surface area contributed by atoms with Crippen LogP contribution in [0.15, 0.2) is 11.4 Å². The first-order valence-electron chi connectivity index (χ1n) is 4.77. The van der Waals surface area contributed by atoms with Gasteiger partial charge >= 0.3 is 0 Å². The zero-order valence-electron chi connectivity index (χ0n) is 7.99. The first-order chi connectivity index (χ1) is 6.29. The van der Waals surface area contributed by atoms with E-state index in [0.717, 1.165) is 13.1 Å². The molecule has 13 heavy (non-hydrogen) atoms. The van der Waals surface area contributed by atoms with Crippen molar-refractivity contribution in [3.63, 3.8) is 0 Å². The van der Waals surface area contributed by atoms with Crippen molar-refractivity contribution in [3.05, 3.63) is 21.9 Å². The molecule has 1 aromatic heterocycles. The normalized spacial score (nSPS) is 23.1. The van der Waals surface area contributed by atoms with Crippen molar-refractivity contribution >= 4 is 11.3 Å². The van der Waals surface area contributed by atoms with Crippen LogP contribution in [0.1, 0.15) is 16.9 Å². The summed E-state index contributed by atoms with van der Waals surface area (Å²) in [6, 6.07) is 2.91. The van der Waals surface area contributed by atoms with Crippen LogP contribution < -0.4 is 5.73 Å². The van der Waals surface area contributed by atoms with Crippen LogP contribution in [0.25, 0.3) is 0 Å². The summed E-state index contributed by atoms with van der Waals surface area (Å²) in [6.07, 6.45) is 1.28. The van der Waals surface area contributed by atoms with Crippen molar-refractivity contribution in [3.8, 4) is 0 Å². The molecule has 2 N–H and O–H groups in total. The Morgan fingerprint density at radius 1 is 1.69 bits per heavy atom. The minimum Gasteiger partial charge on any atom is -0.329 e. The molecule has 1 unspecified atom stereocenters. The van der Waals surface area contributed by atoms with Crippen molar-refractivity contribution in [2.75, 3.05) is 13.1 Å². The van der Waals surface area contributed by atoms with E-state index in [-0.39, 0.29) is 0 Å². The number of likely N-dealkylation sites (tertiary alicyclic amines) is 1. The summed E-state index contributed by atoms with van der Waals surface area (Å²) in [5.41, 5.74) is 7.09. The monoisotopic (exact) mass is 196 g/mol. The maximum Gasteiger partial charge on any atom is 0.0245 e. The lowest BCUT2D eigenvalue weighted by Crippen LogP contribution is -2.50. The van der Waals surface area contributed by atoms with Gasteiger partial charge in [-0.2, -0.15) is 0 Å². The summed E-state index contributed by atoms with van der Waals surface area (Å²) in [5, 5.41) is 2.25. The van der Waals surface area contributed by atoms with Crippen molar-refractivity contribution in [1.82, 2.24) is 4.90 Å². The minimum absolute atomic E-state index is 0.639. The lowest BCUT2D eigenvalue weighted by atomic mass is 10.0. The zero-order valence-corrected chi connectivity index (χ0v) is 8.81. The van der Waals surface area contributed by atoms with Gasteiger partial charge in [0.15, 0.2) is 0 Å². The molecule has 2 rings (SSSR count). The van der Waals surface area contributed by atoms with E-state index in [0.29, 0.717) is 6.04 Å². The largest absolute Gasteiger partial charge is 0.329 e. The van der Waals surface area contributed by atoms with E-state index in [2.05, 4.69) is 23.3 Å². The number of hydrogen-bond donors (Lipinski definition) is 1. The molecule has 1 fully saturated rings. The molecule has 0 amide bonds. The second-order valence-corrected chi connectivity index (χ2v) is 4.83. The highest BCUT2D eigenvalue weighted by molar-refractivity contribution is 7.10. The molecule has 0 spiro atoms. The van der Waals surface area contributed by atoms with Crippen LogP contribution in [0.5, 0.6) is 0 Å². The first kappa shape index (κ1) is 9.19. The summed E-state index contributed by atoms with van der Waals surface area (Å²) in [5.74, 6) is 0. The van der Waals surface area contributed by atoms with Crippen LogP contribution in [0.2, 0.25) is 0 Å². The number of hydrogen-bond acceptors (Lipinski definition) is 3. The van der Waals surface area contributed by atoms with E-state index in [1.54, 1.807) is 0 Å². The maximum absolute atomic E-state index is 5.64. The summed E-state index contributed by atoms with van der Waals surface area (Å²) in [6.45, 7) is 5.27. The Morgan fingerprint density at radius 3 is 3.00 bits per heavy atom. The number of nitrogens with zero attached hydrogens (tertiary/aromatic N) is 1. The molecule has 3 heteroatoms. The number of thiophene rings is 1. The summed E-state index contributed by atoms with van der Waals surface area (Å²) < 4.78 is 0. The third-order valence-electron chi connectivity index (χ3n) is 2.71. The van der Waals surface area contributed by atoms with Crippen LogP contribution >= 0.6 is 11.3 Å². The smallest absolute Gasteiger partial charge is 0.0245 e. The van der Waals surface area contributed by atoms with Gasteiger partial charge in [0.1, 0.15) is 0 Å². The Balaban J connectivity index is 1.91. The van der Waals surface area contributed by atoms with Crippen LogP contribution in [0, 0.1) is 6.92 Å². The lowest BCUT2D eigenvalue weighted by Gasteiger charge is -2.40. The third-order valence-corrected chi connectivity index (χ3v) is 3.62. The molecule has 2 nitrogen and oxygen atoms in total. The van der Waals surface area contributed by atoms with E-state index in [1.807, 2.05) is 11.3 Å². The number of aryl methyl sites for hydroxylation is 1. The summed E-state index contributed by atoms with van der Waals surface area (Å²) in [4.78, 5) is 3.86. The SMILES string of the molecule is Cc1cc(CN2CCC2CN)cs1. The molecule has 0 bridgehead atoms. The Labute approximate surface area is 83.4 Å². The van der Waals surface area contributed by atoms with Gasteiger partial charge in [0.05, 0.1) is 0 Å². The first-order valence-corrected chi connectivity index (χ1v) is 5.65. The van der Waals surface area contributed by atoms with Crippen LogP contribution in [-0.2, 0) is 6.54 Å². The topological polar surface area (TPSA) is 29.3 Å². The molecule has 1 aliphatic heterocycles. The van der Waals surface area contributed by atoms with Gasteiger partial charge in [-0.05, 0) is 30.4 Å². The summed E-state index contributed by atoms with van der Waals surface area (Å²) >= 11 is 1.83. The van der Waals surface area contributed by atoms with Crippen LogP contribution in [-0.4, -0.2) is 24.0 Å². The van der Waals surface area contributed by atoms with Gasteiger partial charge in [0.25, 0.3) is 0 Å². The van der Waals surface area contributed by atoms with Crippen LogP contribution in [0.4, 0.5) is 0 Å². The highest BCUT2D eigenvalue weighted by Gasteiger charge is 2.26. The molecular formula is C10H16N2S. The standard InChI is InChI=1S/C10H16N2S/c1-8-4-9(7-13-8)6-12-3-2-10(12)5-11/h4,7,10H,2-3,5-6,11H2,1H3. The second-order valence-electron chi connectivity index (χ2n) is 3.71. The number of rotatable bonds is 3. The Bertz CT molecular complexity index is 280. The highest BCUT2D eigenvalue weighted by Crippen LogP contribution is 2.22. The fourth-order valence-corrected chi connectivity index (χ4v) is 2.48. The Morgan fingerprint density at radius 2 is 2.54 bits per heavy atom. The average Bonchev–Trinajstić information content (AvgIpc) is 2.46. The molecule has 0 aromatic carbocycles. The van der Waals surface area contributed by atoms with Crippen molar-refractivity contribution in [2.45, 2.75) is 25.9 Å². The van der Waals surface area contributed by atoms with Crippen molar-refractivity contribution in [2.24, 2.45) is 5.73 Å². The van der Waals surface area contributed by atoms with Gasteiger partial charge in [-0.1, -0.05) is 0 Å². The van der Waals surface area contributed by atoms with Gasteiger partial charge in [0.2, 0.25) is 0 Å². The molecule has 0 aliphatic carbocycles. The molecule has 0 saturated carbocycles. The third kappa shape index (κ3) is 1.93. The quantitative estimate of drug-likeness (QED) is 0.795. The van der Waals surface area contributed by atoms with Gasteiger partial charge in [0, 0.05) is 30.6 Å². The van der Waals surface area contributed by atoms with Crippen molar-refractivity contribution < 1.29 is 0 Å². The molecule has 0 radical (unpaired) electrons.